The van der Waals surface area contributed by atoms with Crippen LogP contribution in [-0.2, 0) is 0 Å². The Balaban J connectivity index is 1.57. The zero-order valence-electron chi connectivity index (χ0n) is 14.5. The van der Waals surface area contributed by atoms with Crippen molar-refractivity contribution in [3.63, 3.8) is 0 Å². The molecule has 5 rings (SSSR count). The van der Waals surface area contributed by atoms with Gasteiger partial charge in [-0.15, -0.1) is 0 Å². The first-order valence-electron chi connectivity index (χ1n) is 9.00. The van der Waals surface area contributed by atoms with Crippen LogP contribution < -0.4 is 5.19 Å². The number of fused-ring (bicyclic) bond motifs is 3. The number of rotatable bonds is 3. The van der Waals surface area contributed by atoms with Crippen LogP contribution in [0.1, 0.15) is 0 Å². The van der Waals surface area contributed by atoms with Gasteiger partial charge in [0.05, 0.1) is 0 Å². The fourth-order valence-electron chi connectivity index (χ4n) is 3.79. The van der Waals surface area contributed by atoms with Gasteiger partial charge in [0.1, 0.15) is 0 Å². The Morgan fingerprint density at radius 3 is 1.58 bits per heavy atom. The largest absolute Gasteiger partial charge is 0.369 e. The molecule has 0 fully saturated rings. The van der Waals surface area contributed by atoms with Crippen molar-refractivity contribution in [1.29, 1.82) is 0 Å². The maximum Gasteiger partial charge on any atom is 0.161 e. The van der Waals surface area contributed by atoms with E-state index >= 15 is 0 Å². The Labute approximate surface area is 155 Å². The summed E-state index contributed by atoms with van der Waals surface area (Å²) in [5, 5.41) is 4.17. The minimum absolute atomic E-state index is 0.615. The van der Waals surface area contributed by atoms with Gasteiger partial charge in [0.15, 0.2) is 9.68 Å². The molecule has 26 heavy (non-hydrogen) atoms. The van der Waals surface area contributed by atoms with Crippen LogP contribution >= 0.6 is 0 Å². The minimum atomic E-state index is -0.615. The molecule has 2 heteroatoms. The first-order valence-corrected chi connectivity index (χ1v) is 10.3. The summed E-state index contributed by atoms with van der Waals surface area (Å²) in [6.45, 7) is 0. The standard InChI is InChI=1S/C24H19NSi/c1-2-8-18(9-3-1)19-14-16-20(17-15-19)26-25-23-12-6-4-10-21(23)22-11-5-7-13-24(22)25/h1-17H,26H2. The van der Waals surface area contributed by atoms with E-state index in [1.165, 1.54) is 38.1 Å². The highest BCUT2D eigenvalue weighted by atomic mass is 28.2. The Bertz CT molecular complexity index is 1130. The zero-order chi connectivity index (χ0) is 17.3. The lowest BCUT2D eigenvalue weighted by molar-refractivity contribution is 1.37. The van der Waals surface area contributed by atoms with Crippen molar-refractivity contribution < 1.29 is 0 Å². The van der Waals surface area contributed by atoms with Gasteiger partial charge in [0, 0.05) is 21.8 Å². The van der Waals surface area contributed by atoms with E-state index < -0.39 is 9.68 Å². The van der Waals surface area contributed by atoms with Crippen LogP contribution in [0.15, 0.2) is 103 Å². The molecule has 0 bridgehead atoms. The molecule has 0 unspecified atom stereocenters. The highest BCUT2D eigenvalue weighted by Gasteiger charge is 2.10. The van der Waals surface area contributed by atoms with Crippen LogP contribution in [0, 0.1) is 0 Å². The smallest absolute Gasteiger partial charge is 0.161 e. The molecule has 124 valence electrons. The summed E-state index contributed by atoms with van der Waals surface area (Å²) >= 11 is 0. The summed E-state index contributed by atoms with van der Waals surface area (Å²) < 4.78 is 2.56. The third kappa shape index (κ3) is 2.56. The maximum atomic E-state index is 2.56. The van der Waals surface area contributed by atoms with E-state index in [0.717, 1.165) is 0 Å². The predicted molar refractivity (Wildman–Crippen MR) is 115 cm³/mol. The molecule has 0 aliphatic heterocycles. The second kappa shape index (κ2) is 6.32. The van der Waals surface area contributed by atoms with Gasteiger partial charge in [-0.05, 0) is 28.4 Å². The Morgan fingerprint density at radius 2 is 0.962 bits per heavy atom. The van der Waals surface area contributed by atoms with Crippen LogP contribution in [0.4, 0.5) is 0 Å². The monoisotopic (exact) mass is 349 g/mol. The van der Waals surface area contributed by atoms with Gasteiger partial charge in [-0.1, -0.05) is 91.0 Å². The molecule has 0 saturated carbocycles. The average molecular weight is 350 g/mol. The Hall–Kier alpha value is -3.10. The van der Waals surface area contributed by atoms with E-state index in [-0.39, 0.29) is 0 Å². The predicted octanol–water partition coefficient (Wildman–Crippen LogP) is 4.72. The summed E-state index contributed by atoms with van der Waals surface area (Å²) in [7, 11) is -0.615. The fraction of sp³-hybridized carbons (Fsp3) is 0. The van der Waals surface area contributed by atoms with E-state index in [1.807, 2.05) is 0 Å². The molecule has 4 aromatic carbocycles. The highest BCUT2D eigenvalue weighted by molar-refractivity contribution is 6.54. The zero-order valence-corrected chi connectivity index (χ0v) is 15.9. The van der Waals surface area contributed by atoms with Crippen molar-refractivity contribution >= 4 is 36.7 Å². The van der Waals surface area contributed by atoms with Crippen molar-refractivity contribution in [1.82, 2.24) is 4.23 Å². The van der Waals surface area contributed by atoms with Crippen LogP contribution in [-0.4, -0.2) is 13.9 Å². The molecule has 1 aromatic heterocycles. The van der Waals surface area contributed by atoms with Gasteiger partial charge < -0.3 is 4.23 Å². The van der Waals surface area contributed by atoms with E-state index in [4.69, 9.17) is 0 Å². The molecule has 0 N–H and O–H groups in total. The van der Waals surface area contributed by atoms with Crippen molar-refractivity contribution in [2.75, 3.05) is 0 Å². The molecule has 5 aromatic rings. The van der Waals surface area contributed by atoms with Gasteiger partial charge >= 0.3 is 0 Å². The van der Waals surface area contributed by atoms with Crippen molar-refractivity contribution in [2.24, 2.45) is 0 Å². The third-order valence-corrected chi connectivity index (χ3v) is 6.92. The van der Waals surface area contributed by atoms with Crippen LogP contribution in [0.2, 0.25) is 0 Å². The molecule has 0 atom stereocenters. The lowest BCUT2D eigenvalue weighted by atomic mass is 10.1. The van der Waals surface area contributed by atoms with Crippen LogP contribution in [0.5, 0.6) is 0 Å². The van der Waals surface area contributed by atoms with Gasteiger partial charge in [-0.2, -0.15) is 0 Å². The Morgan fingerprint density at radius 1 is 0.462 bits per heavy atom. The molecule has 0 saturated heterocycles. The molecule has 0 aliphatic rings. The molecular formula is C24H19NSi. The lowest BCUT2D eigenvalue weighted by Gasteiger charge is -2.08. The molecule has 0 radical (unpaired) electrons. The van der Waals surface area contributed by atoms with Crippen molar-refractivity contribution in [2.45, 2.75) is 0 Å². The normalized spacial score (nSPS) is 11.7. The first kappa shape index (κ1) is 15.2. The fourth-order valence-corrected chi connectivity index (χ4v) is 5.49. The quantitative estimate of drug-likeness (QED) is 0.415. The molecule has 0 aliphatic carbocycles. The number of nitrogens with zero attached hydrogens (tertiary/aromatic N) is 1. The Kier molecular flexibility index (Phi) is 3.69. The van der Waals surface area contributed by atoms with E-state index in [1.54, 1.807) is 0 Å². The van der Waals surface area contributed by atoms with Crippen molar-refractivity contribution in [3.8, 4) is 11.1 Å². The van der Waals surface area contributed by atoms with E-state index in [0.29, 0.717) is 0 Å². The number of para-hydroxylation sites is 2. The summed E-state index contributed by atoms with van der Waals surface area (Å²) in [5.74, 6) is 0. The molecule has 1 heterocycles. The summed E-state index contributed by atoms with van der Waals surface area (Å²) in [4.78, 5) is 0. The van der Waals surface area contributed by atoms with E-state index in [2.05, 4.69) is 107 Å². The summed E-state index contributed by atoms with van der Waals surface area (Å²) in [6, 6.07) is 37.2. The number of hydrogen-bond acceptors (Lipinski definition) is 0. The summed E-state index contributed by atoms with van der Waals surface area (Å²) in [5.41, 5.74) is 5.27. The van der Waals surface area contributed by atoms with Crippen LogP contribution in [0.25, 0.3) is 32.9 Å². The van der Waals surface area contributed by atoms with E-state index in [9.17, 15) is 0 Å². The summed E-state index contributed by atoms with van der Waals surface area (Å²) in [6.07, 6.45) is 0. The third-order valence-electron chi connectivity index (χ3n) is 5.08. The van der Waals surface area contributed by atoms with Gasteiger partial charge in [0.25, 0.3) is 0 Å². The number of aromatic nitrogens is 1. The highest BCUT2D eigenvalue weighted by Crippen LogP contribution is 2.27. The maximum absolute atomic E-state index is 2.56. The SMILES string of the molecule is c1ccc(-c2ccc([SiH2]n3c4ccccc4c4ccccc43)cc2)cc1. The van der Waals surface area contributed by atoms with Gasteiger partial charge in [-0.3, -0.25) is 0 Å². The minimum Gasteiger partial charge on any atom is -0.369 e. The van der Waals surface area contributed by atoms with Gasteiger partial charge in [-0.25, -0.2) is 0 Å². The van der Waals surface area contributed by atoms with Crippen molar-refractivity contribution in [3.05, 3.63) is 103 Å². The first-order chi connectivity index (χ1) is 12.9. The molecular weight excluding hydrogens is 330 g/mol. The topological polar surface area (TPSA) is 4.93 Å². The molecule has 0 amide bonds. The second-order valence-electron chi connectivity index (χ2n) is 6.68. The second-order valence-corrected chi connectivity index (χ2v) is 8.45. The lowest BCUT2D eigenvalue weighted by Crippen LogP contribution is -2.21. The van der Waals surface area contributed by atoms with Gasteiger partial charge in [0.2, 0.25) is 0 Å². The molecule has 0 spiro atoms. The number of hydrogen-bond donors (Lipinski definition) is 0. The average Bonchev–Trinajstić information content (AvgIpc) is 3.04. The molecule has 1 nitrogen and oxygen atoms in total. The van der Waals surface area contributed by atoms with Crippen LogP contribution in [0.3, 0.4) is 0 Å². The number of benzene rings is 4.